The van der Waals surface area contributed by atoms with Gasteiger partial charge >= 0.3 is 5.97 Å². The third-order valence-corrected chi connectivity index (χ3v) is 8.89. The predicted molar refractivity (Wildman–Crippen MR) is 142 cm³/mol. The maximum absolute atomic E-state index is 12.7. The van der Waals surface area contributed by atoms with E-state index in [0.29, 0.717) is 18.2 Å². The van der Waals surface area contributed by atoms with Crippen LogP contribution < -0.4 is 0 Å². The molecule has 0 radical (unpaired) electrons. The standard InChI is InChI=1S/C27H35N5O3Si/c1-5-19-15-21(35-27(33)20-9-7-6-8-10-20)16-22(19)25-30-29-24-17-28-26-23(32(24)25)11-12-31(26)18-34-13-14-36(2,3)4/h6-12,17,19,21-22H,5,13-16,18H2,1-4H3. The molecule has 3 aromatic heterocycles. The fraction of sp³-hybridized carbons (Fsp3) is 0.481. The molecule has 3 heterocycles. The van der Waals surface area contributed by atoms with Crippen molar-refractivity contribution in [2.75, 3.05) is 6.61 Å². The summed E-state index contributed by atoms with van der Waals surface area (Å²) in [5.41, 5.74) is 3.15. The highest BCUT2D eigenvalue weighted by molar-refractivity contribution is 6.76. The lowest BCUT2D eigenvalue weighted by Gasteiger charge is -2.16. The second-order valence-electron chi connectivity index (χ2n) is 11.0. The Morgan fingerprint density at radius 2 is 1.92 bits per heavy atom. The van der Waals surface area contributed by atoms with Gasteiger partial charge in [-0.2, -0.15) is 0 Å². The molecular weight excluding hydrogens is 470 g/mol. The molecule has 8 nitrogen and oxygen atoms in total. The second-order valence-corrected chi connectivity index (χ2v) is 16.6. The van der Waals surface area contributed by atoms with E-state index in [-0.39, 0.29) is 18.0 Å². The van der Waals surface area contributed by atoms with Crippen molar-refractivity contribution in [3.05, 3.63) is 60.2 Å². The summed E-state index contributed by atoms with van der Waals surface area (Å²) >= 11 is 0. The lowest BCUT2D eigenvalue weighted by Crippen LogP contribution is -2.22. The van der Waals surface area contributed by atoms with Gasteiger partial charge in [-0.05, 0) is 43.0 Å². The van der Waals surface area contributed by atoms with E-state index < -0.39 is 8.07 Å². The molecule has 1 saturated carbocycles. The smallest absolute Gasteiger partial charge is 0.338 e. The normalized spacial score (nSPS) is 20.4. The topological polar surface area (TPSA) is 83.5 Å². The minimum Gasteiger partial charge on any atom is -0.459 e. The molecule has 1 aliphatic carbocycles. The molecule has 0 aliphatic heterocycles. The highest BCUT2D eigenvalue weighted by Crippen LogP contribution is 2.43. The van der Waals surface area contributed by atoms with Gasteiger partial charge in [0.05, 0.1) is 17.3 Å². The average molecular weight is 506 g/mol. The van der Waals surface area contributed by atoms with Gasteiger partial charge in [-0.1, -0.05) is 51.2 Å². The highest BCUT2D eigenvalue weighted by Gasteiger charge is 2.39. The van der Waals surface area contributed by atoms with Crippen molar-refractivity contribution >= 4 is 30.9 Å². The Morgan fingerprint density at radius 1 is 1.11 bits per heavy atom. The molecule has 5 rings (SSSR count). The first kappa shape index (κ1) is 24.6. The summed E-state index contributed by atoms with van der Waals surface area (Å²) < 4.78 is 16.1. The number of rotatable bonds is 9. The van der Waals surface area contributed by atoms with Crippen LogP contribution in [0, 0.1) is 5.92 Å². The van der Waals surface area contributed by atoms with Gasteiger partial charge in [-0.25, -0.2) is 9.78 Å². The number of ether oxygens (including phenoxy) is 2. The van der Waals surface area contributed by atoms with Crippen molar-refractivity contribution in [2.24, 2.45) is 5.92 Å². The minimum absolute atomic E-state index is 0.137. The summed E-state index contributed by atoms with van der Waals surface area (Å²) in [7, 11) is -1.13. The van der Waals surface area contributed by atoms with Crippen LogP contribution in [0.5, 0.6) is 0 Å². The maximum atomic E-state index is 12.7. The molecule has 1 aromatic carbocycles. The number of hydrogen-bond donors (Lipinski definition) is 0. The van der Waals surface area contributed by atoms with Gasteiger partial charge in [0.1, 0.15) is 18.7 Å². The molecule has 0 spiro atoms. The largest absolute Gasteiger partial charge is 0.459 e. The lowest BCUT2D eigenvalue weighted by atomic mass is 9.93. The molecule has 1 fully saturated rings. The van der Waals surface area contributed by atoms with E-state index in [0.717, 1.165) is 54.5 Å². The van der Waals surface area contributed by atoms with Crippen molar-refractivity contribution in [1.82, 2.24) is 24.1 Å². The van der Waals surface area contributed by atoms with E-state index in [1.54, 1.807) is 18.3 Å². The Hall–Kier alpha value is -3.04. The lowest BCUT2D eigenvalue weighted by molar-refractivity contribution is 0.0307. The van der Waals surface area contributed by atoms with E-state index in [1.807, 2.05) is 29.0 Å². The van der Waals surface area contributed by atoms with E-state index in [4.69, 9.17) is 9.47 Å². The van der Waals surface area contributed by atoms with Gasteiger partial charge in [-0.3, -0.25) is 4.40 Å². The third-order valence-electron chi connectivity index (χ3n) is 7.19. The fourth-order valence-corrected chi connectivity index (χ4v) is 5.90. The number of nitrogens with zero attached hydrogens (tertiary/aromatic N) is 5. The van der Waals surface area contributed by atoms with E-state index >= 15 is 0 Å². The van der Waals surface area contributed by atoms with Gasteiger partial charge in [0.2, 0.25) is 0 Å². The monoisotopic (exact) mass is 505 g/mol. The molecule has 9 heteroatoms. The second kappa shape index (κ2) is 10.1. The Kier molecular flexibility index (Phi) is 6.94. The van der Waals surface area contributed by atoms with Crippen LogP contribution >= 0.6 is 0 Å². The van der Waals surface area contributed by atoms with Crippen molar-refractivity contribution < 1.29 is 14.3 Å². The zero-order valence-electron chi connectivity index (χ0n) is 21.6. The molecule has 3 unspecified atom stereocenters. The molecule has 0 N–H and O–H groups in total. The number of aromatic nitrogens is 5. The van der Waals surface area contributed by atoms with Gasteiger partial charge < -0.3 is 14.0 Å². The zero-order chi connectivity index (χ0) is 25.3. The van der Waals surface area contributed by atoms with Gasteiger partial charge in [0.15, 0.2) is 11.3 Å². The first-order valence-electron chi connectivity index (χ1n) is 12.9. The van der Waals surface area contributed by atoms with Gasteiger partial charge in [0.25, 0.3) is 0 Å². The number of fused-ring (bicyclic) bond motifs is 3. The van der Waals surface area contributed by atoms with Crippen LogP contribution in [-0.2, 0) is 16.2 Å². The first-order valence-corrected chi connectivity index (χ1v) is 16.6. The van der Waals surface area contributed by atoms with Crippen molar-refractivity contribution in [3.63, 3.8) is 0 Å². The molecule has 0 saturated heterocycles. The molecule has 4 aromatic rings. The number of esters is 1. The summed E-state index contributed by atoms with van der Waals surface area (Å²) in [4.78, 5) is 17.3. The third kappa shape index (κ3) is 5.08. The SMILES string of the molecule is CCC1CC(OC(=O)c2ccccc2)CC1c1nnc2cnc3c(ccn3COCC[Si](C)(C)C)n12. The van der Waals surface area contributed by atoms with Crippen LogP contribution in [0.25, 0.3) is 16.8 Å². The Labute approximate surface area is 212 Å². The van der Waals surface area contributed by atoms with Crippen molar-refractivity contribution in [2.45, 2.75) is 70.6 Å². The van der Waals surface area contributed by atoms with Crippen molar-refractivity contribution in [3.8, 4) is 0 Å². The minimum atomic E-state index is -1.13. The zero-order valence-corrected chi connectivity index (χ0v) is 22.6. The summed E-state index contributed by atoms with van der Waals surface area (Å²) in [6.45, 7) is 10.5. The number of carbonyl (C=O) groups is 1. The summed E-state index contributed by atoms with van der Waals surface area (Å²) in [5.74, 6) is 1.17. The predicted octanol–water partition coefficient (Wildman–Crippen LogP) is 5.52. The summed E-state index contributed by atoms with van der Waals surface area (Å²) in [6.07, 6.45) is 6.21. The van der Waals surface area contributed by atoms with E-state index in [1.165, 1.54) is 0 Å². The Balaban J connectivity index is 1.37. The number of carbonyl (C=O) groups excluding carboxylic acids is 1. The Morgan fingerprint density at radius 3 is 2.67 bits per heavy atom. The van der Waals surface area contributed by atoms with Gasteiger partial charge in [0, 0.05) is 26.8 Å². The van der Waals surface area contributed by atoms with Crippen LogP contribution in [0.1, 0.15) is 48.3 Å². The first-order chi connectivity index (χ1) is 17.3. The molecule has 3 atom stereocenters. The van der Waals surface area contributed by atoms with E-state index in [9.17, 15) is 4.79 Å². The van der Waals surface area contributed by atoms with Crippen LogP contribution in [0.15, 0.2) is 48.8 Å². The molecule has 0 amide bonds. The average Bonchev–Trinajstić information content (AvgIpc) is 3.57. The summed E-state index contributed by atoms with van der Waals surface area (Å²) in [5, 5.41) is 9.04. The fourth-order valence-electron chi connectivity index (χ4n) is 5.14. The van der Waals surface area contributed by atoms with Crippen LogP contribution in [0.3, 0.4) is 0 Å². The summed E-state index contributed by atoms with van der Waals surface area (Å²) in [6, 6.07) is 12.4. The maximum Gasteiger partial charge on any atom is 0.338 e. The quantitative estimate of drug-likeness (QED) is 0.169. The molecule has 0 bridgehead atoms. The van der Waals surface area contributed by atoms with Crippen LogP contribution in [0.4, 0.5) is 0 Å². The van der Waals surface area contributed by atoms with E-state index in [2.05, 4.69) is 52.2 Å². The Bertz CT molecular complexity index is 1340. The molecule has 36 heavy (non-hydrogen) atoms. The van der Waals surface area contributed by atoms with Gasteiger partial charge in [-0.15, -0.1) is 10.2 Å². The molecular formula is C27H35N5O3Si. The molecule has 190 valence electrons. The highest BCUT2D eigenvalue weighted by atomic mass is 28.3. The van der Waals surface area contributed by atoms with Crippen LogP contribution in [-0.4, -0.2) is 50.9 Å². The van der Waals surface area contributed by atoms with Crippen LogP contribution in [0.2, 0.25) is 25.7 Å². The van der Waals surface area contributed by atoms with Crippen molar-refractivity contribution in [1.29, 1.82) is 0 Å². The number of benzene rings is 1. The molecule has 1 aliphatic rings. The number of hydrogen-bond acceptors (Lipinski definition) is 6.